The summed E-state index contributed by atoms with van der Waals surface area (Å²) in [6.07, 6.45) is 2.89. The van der Waals surface area contributed by atoms with Crippen LogP contribution in [0.5, 0.6) is 5.88 Å². The van der Waals surface area contributed by atoms with Gasteiger partial charge in [0.25, 0.3) is 0 Å². The third-order valence-electron chi connectivity index (χ3n) is 3.08. The number of thiophene rings is 1. The predicted octanol–water partition coefficient (Wildman–Crippen LogP) is 3.56. The zero-order valence-corrected chi connectivity index (χ0v) is 12.5. The van der Waals surface area contributed by atoms with Crippen molar-refractivity contribution >= 4 is 11.3 Å². The van der Waals surface area contributed by atoms with Gasteiger partial charge in [0.1, 0.15) is 0 Å². The first kappa shape index (κ1) is 14.0. The smallest absolute Gasteiger partial charge is 0.213 e. The molecule has 0 aromatic carbocycles. The van der Waals surface area contributed by atoms with Gasteiger partial charge in [0.15, 0.2) is 0 Å². The van der Waals surface area contributed by atoms with Crippen LogP contribution >= 0.6 is 11.3 Å². The first-order valence-corrected chi connectivity index (χ1v) is 7.35. The summed E-state index contributed by atoms with van der Waals surface area (Å²) in [5, 5.41) is 3.53. The van der Waals surface area contributed by atoms with E-state index in [9.17, 15) is 0 Å². The Bertz CT molecular complexity index is 524. The standard InChI is InChI=1S/C15H20N2OS/c1-4-13-5-6-14(19-13)11(2)17-10-12-7-8-16-15(9-12)18-3/h5-9,11,17H,4,10H2,1-3H3. The second-order valence-electron chi connectivity index (χ2n) is 4.47. The van der Waals surface area contributed by atoms with Crippen LogP contribution in [0.1, 0.15) is 35.2 Å². The second kappa shape index (κ2) is 6.68. The van der Waals surface area contributed by atoms with Crippen molar-refractivity contribution in [3.05, 3.63) is 45.8 Å². The van der Waals surface area contributed by atoms with Crippen LogP contribution in [0.25, 0.3) is 0 Å². The summed E-state index contributed by atoms with van der Waals surface area (Å²) in [4.78, 5) is 6.94. The van der Waals surface area contributed by atoms with Gasteiger partial charge >= 0.3 is 0 Å². The average molecular weight is 276 g/mol. The van der Waals surface area contributed by atoms with Gasteiger partial charge in [0.05, 0.1) is 7.11 Å². The van der Waals surface area contributed by atoms with Gasteiger partial charge in [0, 0.05) is 34.6 Å². The number of pyridine rings is 1. The molecule has 0 aliphatic rings. The van der Waals surface area contributed by atoms with Gasteiger partial charge in [-0.15, -0.1) is 11.3 Å². The zero-order valence-electron chi connectivity index (χ0n) is 11.6. The van der Waals surface area contributed by atoms with E-state index in [-0.39, 0.29) is 0 Å². The van der Waals surface area contributed by atoms with E-state index in [1.807, 2.05) is 23.5 Å². The highest BCUT2D eigenvalue weighted by Crippen LogP contribution is 2.23. The fraction of sp³-hybridized carbons (Fsp3) is 0.400. The number of aryl methyl sites for hydroxylation is 1. The molecule has 2 rings (SSSR count). The normalized spacial score (nSPS) is 12.4. The minimum absolute atomic E-state index is 0.365. The van der Waals surface area contributed by atoms with E-state index in [1.54, 1.807) is 13.3 Å². The van der Waals surface area contributed by atoms with Gasteiger partial charge < -0.3 is 10.1 Å². The highest BCUT2D eigenvalue weighted by Gasteiger charge is 2.08. The first-order chi connectivity index (χ1) is 9.22. The highest BCUT2D eigenvalue weighted by molar-refractivity contribution is 7.12. The van der Waals surface area contributed by atoms with Gasteiger partial charge in [-0.2, -0.15) is 0 Å². The van der Waals surface area contributed by atoms with E-state index in [1.165, 1.54) is 15.3 Å². The molecule has 0 spiro atoms. The second-order valence-corrected chi connectivity index (χ2v) is 5.67. The molecule has 0 saturated heterocycles. The maximum absolute atomic E-state index is 5.13. The molecule has 2 aromatic heterocycles. The number of rotatable bonds is 6. The molecule has 0 radical (unpaired) electrons. The van der Waals surface area contributed by atoms with Crippen molar-refractivity contribution in [1.29, 1.82) is 0 Å². The molecule has 1 unspecified atom stereocenters. The lowest BCUT2D eigenvalue weighted by Gasteiger charge is -2.12. The summed E-state index contributed by atoms with van der Waals surface area (Å²) in [7, 11) is 1.64. The summed E-state index contributed by atoms with van der Waals surface area (Å²) in [6, 6.07) is 8.77. The van der Waals surface area contributed by atoms with Crippen LogP contribution in [0.3, 0.4) is 0 Å². The minimum Gasteiger partial charge on any atom is -0.481 e. The first-order valence-electron chi connectivity index (χ1n) is 6.53. The Morgan fingerprint density at radius 3 is 2.89 bits per heavy atom. The molecule has 1 atom stereocenters. The van der Waals surface area contributed by atoms with Crippen molar-refractivity contribution in [2.24, 2.45) is 0 Å². The van der Waals surface area contributed by atoms with E-state index in [2.05, 4.69) is 36.3 Å². The Labute approximate surface area is 118 Å². The Morgan fingerprint density at radius 1 is 1.37 bits per heavy atom. The number of nitrogens with one attached hydrogen (secondary N) is 1. The van der Waals surface area contributed by atoms with Gasteiger partial charge in [-0.05, 0) is 37.1 Å². The molecular weight excluding hydrogens is 256 g/mol. The zero-order chi connectivity index (χ0) is 13.7. The lowest BCUT2D eigenvalue weighted by molar-refractivity contribution is 0.397. The van der Waals surface area contributed by atoms with Crippen LogP contribution < -0.4 is 10.1 Å². The molecule has 3 nitrogen and oxygen atoms in total. The maximum atomic E-state index is 5.13. The molecule has 19 heavy (non-hydrogen) atoms. The molecule has 0 bridgehead atoms. The molecule has 0 saturated carbocycles. The van der Waals surface area contributed by atoms with Crippen LogP contribution in [-0.4, -0.2) is 12.1 Å². The number of aromatic nitrogens is 1. The number of hydrogen-bond acceptors (Lipinski definition) is 4. The Morgan fingerprint density at radius 2 is 2.21 bits per heavy atom. The molecular formula is C15H20N2OS. The number of methoxy groups -OCH3 is 1. The maximum Gasteiger partial charge on any atom is 0.213 e. The minimum atomic E-state index is 0.365. The van der Waals surface area contributed by atoms with Crippen LogP contribution in [0.2, 0.25) is 0 Å². The van der Waals surface area contributed by atoms with Gasteiger partial charge in [-0.25, -0.2) is 4.98 Å². The summed E-state index contributed by atoms with van der Waals surface area (Å²) < 4.78 is 5.13. The van der Waals surface area contributed by atoms with E-state index < -0.39 is 0 Å². The van der Waals surface area contributed by atoms with Crippen LogP contribution in [0.4, 0.5) is 0 Å². The van der Waals surface area contributed by atoms with Gasteiger partial charge in [-0.1, -0.05) is 6.92 Å². The molecule has 102 valence electrons. The molecule has 0 aliphatic carbocycles. The Balaban J connectivity index is 1.93. The molecule has 1 N–H and O–H groups in total. The van der Waals surface area contributed by atoms with Crippen LogP contribution in [0, 0.1) is 0 Å². The average Bonchev–Trinajstić information content (AvgIpc) is 2.94. The van der Waals surface area contributed by atoms with Gasteiger partial charge in [-0.3, -0.25) is 0 Å². The largest absolute Gasteiger partial charge is 0.481 e. The van der Waals surface area contributed by atoms with Crippen molar-refractivity contribution < 1.29 is 4.74 Å². The summed E-state index contributed by atoms with van der Waals surface area (Å²) >= 11 is 1.88. The summed E-state index contributed by atoms with van der Waals surface area (Å²) in [6.45, 7) is 5.21. The van der Waals surface area contributed by atoms with E-state index in [0.29, 0.717) is 11.9 Å². The Hall–Kier alpha value is -1.39. The molecule has 4 heteroatoms. The third kappa shape index (κ3) is 3.78. The van der Waals surface area contributed by atoms with Crippen molar-refractivity contribution in [3.8, 4) is 5.88 Å². The molecule has 0 fully saturated rings. The number of nitrogens with zero attached hydrogens (tertiary/aromatic N) is 1. The fourth-order valence-electron chi connectivity index (χ4n) is 1.86. The van der Waals surface area contributed by atoms with Crippen molar-refractivity contribution in [2.45, 2.75) is 32.9 Å². The summed E-state index contributed by atoms with van der Waals surface area (Å²) in [5.74, 6) is 0.663. The quantitative estimate of drug-likeness (QED) is 0.876. The van der Waals surface area contributed by atoms with E-state index >= 15 is 0 Å². The lowest BCUT2D eigenvalue weighted by Crippen LogP contribution is -2.17. The van der Waals surface area contributed by atoms with E-state index in [0.717, 1.165) is 13.0 Å². The van der Waals surface area contributed by atoms with E-state index in [4.69, 9.17) is 4.74 Å². The summed E-state index contributed by atoms with van der Waals surface area (Å²) in [5.41, 5.74) is 1.19. The topological polar surface area (TPSA) is 34.2 Å². The van der Waals surface area contributed by atoms with Crippen LogP contribution in [-0.2, 0) is 13.0 Å². The van der Waals surface area contributed by atoms with Crippen molar-refractivity contribution in [3.63, 3.8) is 0 Å². The number of ether oxygens (including phenoxy) is 1. The lowest BCUT2D eigenvalue weighted by atomic mass is 10.2. The van der Waals surface area contributed by atoms with Crippen molar-refractivity contribution in [2.75, 3.05) is 7.11 Å². The molecule has 0 amide bonds. The third-order valence-corrected chi connectivity index (χ3v) is 4.49. The van der Waals surface area contributed by atoms with Gasteiger partial charge in [0.2, 0.25) is 5.88 Å². The Kier molecular flexibility index (Phi) is 4.93. The van der Waals surface area contributed by atoms with Crippen molar-refractivity contribution in [1.82, 2.24) is 10.3 Å². The van der Waals surface area contributed by atoms with Crippen LogP contribution in [0.15, 0.2) is 30.5 Å². The molecule has 0 aliphatic heterocycles. The molecule has 2 aromatic rings. The SMILES string of the molecule is CCc1ccc(C(C)NCc2ccnc(OC)c2)s1. The highest BCUT2D eigenvalue weighted by atomic mass is 32.1. The fourth-order valence-corrected chi connectivity index (χ4v) is 2.84. The predicted molar refractivity (Wildman–Crippen MR) is 79.7 cm³/mol. The molecule has 2 heterocycles. The monoisotopic (exact) mass is 276 g/mol. The number of hydrogen-bond donors (Lipinski definition) is 1.